The molecule has 0 heterocycles. The van der Waals surface area contributed by atoms with Gasteiger partial charge in [0.25, 0.3) is 0 Å². The molecule has 1 aliphatic carbocycles. The van der Waals surface area contributed by atoms with Gasteiger partial charge in [0.05, 0.1) is 6.42 Å². The molecule has 0 spiro atoms. The van der Waals surface area contributed by atoms with Crippen LogP contribution in [-0.2, 0) is 9.59 Å². The van der Waals surface area contributed by atoms with E-state index in [9.17, 15) is 9.59 Å². The zero-order chi connectivity index (χ0) is 13.1. The maximum Gasteiger partial charge on any atom is 0.305 e. The van der Waals surface area contributed by atoms with E-state index in [1.54, 1.807) is 11.9 Å². The van der Waals surface area contributed by atoms with Crippen molar-refractivity contribution in [3.63, 3.8) is 0 Å². The summed E-state index contributed by atoms with van der Waals surface area (Å²) in [7, 11) is 1.72. The largest absolute Gasteiger partial charge is 0.481 e. The summed E-state index contributed by atoms with van der Waals surface area (Å²) < 4.78 is 0. The van der Waals surface area contributed by atoms with Crippen molar-refractivity contribution in [3.8, 4) is 0 Å². The summed E-state index contributed by atoms with van der Waals surface area (Å²) >= 11 is 0. The molecule has 0 aliphatic heterocycles. The average molecular weight is 241 g/mol. The van der Waals surface area contributed by atoms with Gasteiger partial charge < -0.3 is 10.0 Å². The smallest absolute Gasteiger partial charge is 0.305 e. The number of carbonyl (C=O) groups is 2. The van der Waals surface area contributed by atoms with E-state index in [4.69, 9.17) is 5.11 Å². The van der Waals surface area contributed by atoms with Crippen molar-refractivity contribution in [2.75, 3.05) is 7.05 Å². The first-order chi connectivity index (χ1) is 7.84. The summed E-state index contributed by atoms with van der Waals surface area (Å²) in [6, 6.07) is 0. The fourth-order valence-corrected chi connectivity index (χ4v) is 2.41. The standard InChI is InChI=1S/C13H23NO3/c1-13(2,9-11(15)16)14(3)12(17)10-7-5-4-6-8-10/h10H,4-9H2,1-3H3,(H,15,16). The second-order valence-electron chi connectivity index (χ2n) is 5.62. The molecule has 0 bridgehead atoms. The Labute approximate surface area is 103 Å². The van der Waals surface area contributed by atoms with Crippen molar-refractivity contribution >= 4 is 11.9 Å². The highest BCUT2D eigenvalue weighted by Crippen LogP contribution is 2.28. The first-order valence-electron chi connectivity index (χ1n) is 6.34. The van der Waals surface area contributed by atoms with Gasteiger partial charge in [-0.25, -0.2) is 0 Å². The van der Waals surface area contributed by atoms with E-state index in [2.05, 4.69) is 0 Å². The van der Waals surface area contributed by atoms with Crippen molar-refractivity contribution in [2.45, 2.75) is 57.9 Å². The van der Waals surface area contributed by atoms with Gasteiger partial charge in [0.1, 0.15) is 0 Å². The van der Waals surface area contributed by atoms with Crippen molar-refractivity contribution in [3.05, 3.63) is 0 Å². The molecule has 0 radical (unpaired) electrons. The van der Waals surface area contributed by atoms with Crippen LogP contribution in [-0.4, -0.2) is 34.5 Å². The topological polar surface area (TPSA) is 57.6 Å². The highest BCUT2D eigenvalue weighted by molar-refractivity contribution is 5.80. The lowest BCUT2D eigenvalue weighted by atomic mass is 9.86. The number of hydrogen-bond acceptors (Lipinski definition) is 2. The van der Waals surface area contributed by atoms with E-state index in [0.29, 0.717) is 0 Å². The van der Waals surface area contributed by atoms with Crippen LogP contribution in [0.2, 0.25) is 0 Å². The van der Waals surface area contributed by atoms with E-state index in [1.165, 1.54) is 6.42 Å². The molecule has 1 N–H and O–H groups in total. The van der Waals surface area contributed by atoms with Crippen LogP contribution in [0.15, 0.2) is 0 Å². The van der Waals surface area contributed by atoms with Gasteiger partial charge in [-0.15, -0.1) is 0 Å². The number of carbonyl (C=O) groups excluding carboxylic acids is 1. The Balaban J connectivity index is 2.63. The molecule has 4 nitrogen and oxygen atoms in total. The molecule has 1 aliphatic rings. The summed E-state index contributed by atoms with van der Waals surface area (Å²) in [4.78, 5) is 24.7. The number of aliphatic carboxylic acids is 1. The minimum atomic E-state index is -0.863. The monoisotopic (exact) mass is 241 g/mol. The Bertz CT molecular complexity index is 293. The molecule has 0 saturated heterocycles. The molecule has 98 valence electrons. The first kappa shape index (κ1) is 14.0. The van der Waals surface area contributed by atoms with Crippen LogP contribution in [0.4, 0.5) is 0 Å². The third-order valence-corrected chi connectivity index (χ3v) is 3.78. The highest BCUT2D eigenvalue weighted by Gasteiger charge is 2.34. The summed E-state index contributed by atoms with van der Waals surface area (Å²) in [5.41, 5.74) is -0.611. The summed E-state index contributed by atoms with van der Waals surface area (Å²) in [5, 5.41) is 8.85. The van der Waals surface area contributed by atoms with Crippen molar-refractivity contribution in [2.24, 2.45) is 5.92 Å². The number of rotatable bonds is 4. The summed E-state index contributed by atoms with van der Waals surface area (Å²) in [6.07, 6.45) is 5.33. The molecular formula is C13H23NO3. The molecule has 0 unspecified atom stereocenters. The lowest BCUT2D eigenvalue weighted by Crippen LogP contribution is -2.49. The highest BCUT2D eigenvalue weighted by atomic mass is 16.4. The quantitative estimate of drug-likeness (QED) is 0.821. The Kier molecular flexibility index (Phi) is 4.54. The second-order valence-corrected chi connectivity index (χ2v) is 5.62. The summed E-state index contributed by atoms with van der Waals surface area (Å²) in [5.74, 6) is -0.656. The normalized spacial score (nSPS) is 17.8. The van der Waals surface area contributed by atoms with Gasteiger partial charge in [-0.3, -0.25) is 9.59 Å². The van der Waals surface area contributed by atoms with Crippen LogP contribution >= 0.6 is 0 Å². The molecule has 17 heavy (non-hydrogen) atoms. The predicted octanol–water partition coefficient (Wildman–Crippen LogP) is 2.28. The molecule has 0 aromatic heterocycles. The van der Waals surface area contributed by atoms with Crippen molar-refractivity contribution in [1.82, 2.24) is 4.90 Å². The van der Waals surface area contributed by atoms with Crippen molar-refractivity contribution in [1.29, 1.82) is 0 Å². The third-order valence-electron chi connectivity index (χ3n) is 3.78. The average Bonchev–Trinajstić information content (AvgIpc) is 2.26. The number of carboxylic acids is 1. The van der Waals surface area contributed by atoms with E-state index in [-0.39, 0.29) is 18.2 Å². The molecule has 0 aromatic carbocycles. The third kappa shape index (κ3) is 3.72. The van der Waals surface area contributed by atoms with Crippen LogP contribution in [0.3, 0.4) is 0 Å². The predicted molar refractivity (Wildman–Crippen MR) is 65.7 cm³/mol. The molecule has 1 fully saturated rings. The molecular weight excluding hydrogens is 218 g/mol. The molecule has 1 amide bonds. The van der Waals surface area contributed by atoms with E-state index < -0.39 is 11.5 Å². The van der Waals surface area contributed by atoms with E-state index >= 15 is 0 Å². The SMILES string of the molecule is CN(C(=O)C1CCCCC1)C(C)(C)CC(=O)O. The van der Waals surface area contributed by atoms with E-state index in [1.807, 2.05) is 13.8 Å². The Hall–Kier alpha value is -1.06. The van der Waals surface area contributed by atoms with Crippen LogP contribution in [0, 0.1) is 5.92 Å². The van der Waals surface area contributed by atoms with Gasteiger partial charge in [0.15, 0.2) is 0 Å². The number of amides is 1. The zero-order valence-corrected chi connectivity index (χ0v) is 11.0. The lowest BCUT2D eigenvalue weighted by Gasteiger charge is -2.37. The van der Waals surface area contributed by atoms with Gasteiger partial charge in [-0.1, -0.05) is 19.3 Å². The number of carboxylic acid groups (broad SMARTS) is 1. The zero-order valence-electron chi connectivity index (χ0n) is 11.0. The number of hydrogen-bond donors (Lipinski definition) is 1. The Morgan fingerprint density at radius 1 is 1.24 bits per heavy atom. The fraction of sp³-hybridized carbons (Fsp3) is 0.846. The maximum atomic E-state index is 12.3. The Morgan fingerprint density at radius 3 is 2.24 bits per heavy atom. The second kappa shape index (κ2) is 5.52. The molecule has 1 rings (SSSR count). The van der Waals surface area contributed by atoms with E-state index in [0.717, 1.165) is 25.7 Å². The number of nitrogens with zero attached hydrogens (tertiary/aromatic N) is 1. The molecule has 0 aromatic rings. The van der Waals surface area contributed by atoms with Gasteiger partial charge in [0.2, 0.25) is 5.91 Å². The van der Waals surface area contributed by atoms with Gasteiger partial charge in [-0.2, -0.15) is 0 Å². The summed E-state index contributed by atoms with van der Waals surface area (Å²) in [6.45, 7) is 3.61. The van der Waals surface area contributed by atoms with Gasteiger partial charge in [-0.05, 0) is 26.7 Å². The molecule has 1 saturated carbocycles. The molecule has 0 atom stereocenters. The fourth-order valence-electron chi connectivity index (χ4n) is 2.41. The van der Waals surface area contributed by atoms with Gasteiger partial charge >= 0.3 is 5.97 Å². The van der Waals surface area contributed by atoms with Crippen LogP contribution in [0.25, 0.3) is 0 Å². The van der Waals surface area contributed by atoms with Crippen LogP contribution < -0.4 is 0 Å². The first-order valence-corrected chi connectivity index (χ1v) is 6.34. The van der Waals surface area contributed by atoms with Crippen molar-refractivity contribution < 1.29 is 14.7 Å². The lowest BCUT2D eigenvalue weighted by molar-refractivity contribution is -0.145. The maximum absolute atomic E-state index is 12.3. The van der Waals surface area contributed by atoms with Crippen LogP contribution in [0.5, 0.6) is 0 Å². The van der Waals surface area contributed by atoms with Gasteiger partial charge in [0, 0.05) is 18.5 Å². The molecule has 4 heteroatoms. The van der Waals surface area contributed by atoms with Crippen LogP contribution in [0.1, 0.15) is 52.4 Å². The minimum Gasteiger partial charge on any atom is -0.481 e. The minimum absolute atomic E-state index is 0.0119. The Morgan fingerprint density at radius 2 is 1.76 bits per heavy atom.